The molecule has 8 heavy (non-hydrogen) atoms. The minimum atomic E-state index is -0.246. The summed E-state index contributed by atoms with van der Waals surface area (Å²) in [5, 5.41) is 8.94. The average molecular weight is 135 g/mol. The summed E-state index contributed by atoms with van der Waals surface area (Å²) < 4.78 is 0. The molecule has 1 aliphatic rings. The van der Waals surface area contributed by atoms with E-state index in [1.54, 1.807) is 0 Å². The van der Waals surface area contributed by atoms with Gasteiger partial charge in [0, 0.05) is 5.88 Å². The fraction of sp³-hybridized carbons (Fsp3) is 1.00. The van der Waals surface area contributed by atoms with Gasteiger partial charge in [0.2, 0.25) is 0 Å². The Hall–Kier alpha value is 0.250. The zero-order valence-corrected chi connectivity index (χ0v) is 5.56. The quantitative estimate of drug-likeness (QED) is 0.579. The van der Waals surface area contributed by atoms with Crippen LogP contribution >= 0.6 is 11.6 Å². The van der Waals surface area contributed by atoms with Gasteiger partial charge in [-0.15, -0.1) is 11.6 Å². The van der Waals surface area contributed by atoms with E-state index in [0.717, 1.165) is 12.3 Å². The summed E-state index contributed by atoms with van der Waals surface area (Å²) in [4.78, 5) is 0. The summed E-state index contributed by atoms with van der Waals surface area (Å²) in [5.74, 6) is 1.19. The van der Waals surface area contributed by atoms with E-state index < -0.39 is 0 Å². The van der Waals surface area contributed by atoms with Crippen LogP contribution in [0.4, 0.5) is 0 Å². The maximum Gasteiger partial charge on any atom is 0.0678 e. The highest BCUT2D eigenvalue weighted by Crippen LogP contribution is 2.33. The summed E-state index contributed by atoms with van der Waals surface area (Å²) in [6.07, 6.45) is 3.27. The second-order valence-corrected chi connectivity index (χ2v) is 2.80. The second-order valence-electron chi connectivity index (χ2n) is 2.49. The van der Waals surface area contributed by atoms with E-state index in [1.807, 2.05) is 0 Å². The van der Waals surface area contributed by atoms with Gasteiger partial charge in [-0.25, -0.2) is 0 Å². The molecule has 48 valence electrons. The first-order chi connectivity index (χ1) is 3.83. The van der Waals surface area contributed by atoms with Gasteiger partial charge >= 0.3 is 0 Å². The predicted octanol–water partition coefficient (Wildman–Crippen LogP) is 1.39. The minimum absolute atomic E-state index is 0.246. The lowest BCUT2D eigenvalue weighted by Gasteiger charge is -2.01. The standard InChI is InChI=1S/C6H11ClO/c7-4-6(8)3-5-1-2-5/h5-6,8H,1-4H2. The van der Waals surface area contributed by atoms with E-state index in [1.165, 1.54) is 12.8 Å². The molecular weight excluding hydrogens is 124 g/mol. The molecule has 1 nitrogen and oxygen atoms in total. The fourth-order valence-electron chi connectivity index (χ4n) is 0.801. The summed E-state index contributed by atoms with van der Waals surface area (Å²) in [5.41, 5.74) is 0. The molecule has 0 aromatic rings. The SMILES string of the molecule is OC(CCl)CC1CC1. The summed E-state index contributed by atoms with van der Waals surface area (Å²) in [6.45, 7) is 0. The Balaban J connectivity index is 1.98. The Kier molecular flexibility index (Phi) is 2.15. The second kappa shape index (κ2) is 2.70. The van der Waals surface area contributed by atoms with E-state index in [2.05, 4.69) is 0 Å². The predicted molar refractivity (Wildman–Crippen MR) is 34.1 cm³/mol. The Labute approximate surface area is 54.7 Å². The van der Waals surface area contributed by atoms with Gasteiger partial charge in [-0.3, -0.25) is 0 Å². The van der Waals surface area contributed by atoms with E-state index in [9.17, 15) is 0 Å². The summed E-state index contributed by atoms with van der Waals surface area (Å²) in [7, 11) is 0. The van der Waals surface area contributed by atoms with Gasteiger partial charge in [0.15, 0.2) is 0 Å². The lowest BCUT2D eigenvalue weighted by Crippen LogP contribution is -2.08. The largest absolute Gasteiger partial charge is 0.392 e. The van der Waals surface area contributed by atoms with Crippen molar-refractivity contribution in [2.24, 2.45) is 5.92 Å². The Morgan fingerprint density at radius 1 is 1.62 bits per heavy atom. The highest BCUT2D eigenvalue weighted by atomic mass is 35.5. The van der Waals surface area contributed by atoms with E-state index in [4.69, 9.17) is 16.7 Å². The first kappa shape index (κ1) is 6.37. The van der Waals surface area contributed by atoms with E-state index >= 15 is 0 Å². The van der Waals surface area contributed by atoms with Crippen LogP contribution in [0.5, 0.6) is 0 Å². The lowest BCUT2D eigenvalue weighted by molar-refractivity contribution is 0.180. The molecule has 0 heterocycles. The molecule has 0 amide bonds. The van der Waals surface area contributed by atoms with Gasteiger partial charge < -0.3 is 5.11 Å². The number of hydrogen-bond acceptors (Lipinski definition) is 1. The fourth-order valence-corrected chi connectivity index (χ4v) is 0.927. The molecule has 1 aliphatic carbocycles. The number of halogens is 1. The molecule has 0 aromatic heterocycles. The number of aliphatic hydroxyl groups excluding tert-OH is 1. The van der Waals surface area contributed by atoms with Crippen molar-refractivity contribution in [2.75, 3.05) is 5.88 Å². The minimum Gasteiger partial charge on any atom is -0.392 e. The molecule has 2 heteroatoms. The van der Waals surface area contributed by atoms with Crippen molar-refractivity contribution in [3.05, 3.63) is 0 Å². The molecular formula is C6H11ClO. The van der Waals surface area contributed by atoms with Crippen molar-refractivity contribution < 1.29 is 5.11 Å². The molecule has 1 fully saturated rings. The van der Waals surface area contributed by atoms with Gasteiger partial charge in [0.1, 0.15) is 0 Å². The van der Waals surface area contributed by atoms with Gasteiger partial charge in [-0.2, -0.15) is 0 Å². The maximum absolute atomic E-state index is 8.94. The van der Waals surface area contributed by atoms with Crippen molar-refractivity contribution in [1.82, 2.24) is 0 Å². The van der Waals surface area contributed by atoms with Crippen LogP contribution in [0.25, 0.3) is 0 Å². The molecule has 0 spiro atoms. The molecule has 0 radical (unpaired) electrons. The number of hydrogen-bond donors (Lipinski definition) is 1. The van der Waals surface area contributed by atoms with Crippen LogP contribution in [0.1, 0.15) is 19.3 Å². The normalized spacial score (nSPS) is 23.2. The number of alkyl halides is 1. The Morgan fingerprint density at radius 3 is 2.62 bits per heavy atom. The van der Waals surface area contributed by atoms with Crippen LogP contribution in [-0.4, -0.2) is 17.1 Å². The molecule has 1 unspecified atom stereocenters. The van der Waals surface area contributed by atoms with Gasteiger partial charge in [0.25, 0.3) is 0 Å². The molecule has 0 saturated heterocycles. The monoisotopic (exact) mass is 134 g/mol. The Morgan fingerprint density at radius 2 is 2.25 bits per heavy atom. The Bertz CT molecular complexity index is 70.9. The molecule has 1 saturated carbocycles. The van der Waals surface area contributed by atoms with Crippen molar-refractivity contribution in [1.29, 1.82) is 0 Å². The van der Waals surface area contributed by atoms with Gasteiger partial charge in [-0.05, 0) is 12.3 Å². The molecule has 0 aromatic carbocycles. The third kappa shape index (κ3) is 2.01. The van der Waals surface area contributed by atoms with Crippen LogP contribution in [-0.2, 0) is 0 Å². The maximum atomic E-state index is 8.94. The van der Waals surface area contributed by atoms with Crippen molar-refractivity contribution >= 4 is 11.6 Å². The average Bonchev–Trinajstić information content (AvgIpc) is 2.50. The molecule has 1 rings (SSSR count). The topological polar surface area (TPSA) is 20.2 Å². The lowest BCUT2D eigenvalue weighted by atomic mass is 10.2. The van der Waals surface area contributed by atoms with Crippen LogP contribution < -0.4 is 0 Å². The van der Waals surface area contributed by atoms with Crippen LogP contribution in [0.15, 0.2) is 0 Å². The van der Waals surface area contributed by atoms with Crippen LogP contribution in [0.2, 0.25) is 0 Å². The van der Waals surface area contributed by atoms with Crippen molar-refractivity contribution in [3.63, 3.8) is 0 Å². The van der Waals surface area contributed by atoms with Gasteiger partial charge in [0.05, 0.1) is 6.10 Å². The number of aliphatic hydroxyl groups is 1. The molecule has 1 atom stereocenters. The summed E-state index contributed by atoms with van der Waals surface area (Å²) >= 11 is 5.37. The van der Waals surface area contributed by atoms with Gasteiger partial charge in [-0.1, -0.05) is 12.8 Å². The zero-order chi connectivity index (χ0) is 5.98. The first-order valence-corrected chi connectivity index (χ1v) is 3.60. The van der Waals surface area contributed by atoms with E-state index in [0.29, 0.717) is 5.88 Å². The van der Waals surface area contributed by atoms with Crippen LogP contribution in [0.3, 0.4) is 0 Å². The van der Waals surface area contributed by atoms with Crippen molar-refractivity contribution in [3.8, 4) is 0 Å². The summed E-state index contributed by atoms with van der Waals surface area (Å²) in [6, 6.07) is 0. The molecule has 0 bridgehead atoms. The van der Waals surface area contributed by atoms with E-state index in [-0.39, 0.29) is 6.10 Å². The third-order valence-electron chi connectivity index (χ3n) is 1.48. The number of rotatable bonds is 3. The smallest absolute Gasteiger partial charge is 0.0678 e. The zero-order valence-electron chi connectivity index (χ0n) is 4.81. The third-order valence-corrected chi connectivity index (χ3v) is 1.84. The first-order valence-electron chi connectivity index (χ1n) is 3.07. The van der Waals surface area contributed by atoms with Crippen molar-refractivity contribution in [2.45, 2.75) is 25.4 Å². The highest BCUT2D eigenvalue weighted by molar-refractivity contribution is 6.18. The molecule has 0 aliphatic heterocycles. The highest BCUT2D eigenvalue weighted by Gasteiger charge is 2.23. The molecule has 1 N–H and O–H groups in total. The van der Waals surface area contributed by atoms with Crippen LogP contribution in [0, 0.1) is 5.92 Å².